The van der Waals surface area contributed by atoms with Gasteiger partial charge in [0.25, 0.3) is 0 Å². The molecule has 0 aromatic carbocycles. The van der Waals surface area contributed by atoms with Gasteiger partial charge in [-0.3, -0.25) is 4.68 Å². The van der Waals surface area contributed by atoms with E-state index in [0.717, 1.165) is 18.8 Å². The van der Waals surface area contributed by atoms with Crippen molar-refractivity contribution in [1.82, 2.24) is 15.1 Å². The van der Waals surface area contributed by atoms with E-state index in [1.54, 1.807) is 0 Å². The molecule has 1 aromatic heterocycles. The highest BCUT2D eigenvalue weighted by Gasteiger charge is 2.29. The van der Waals surface area contributed by atoms with E-state index >= 15 is 0 Å². The van der Waals surface area contributed by atoms with Crippen molar-refractivity contribution in [1.29, 1.82) is 0 Å². The van der Waals surface area contributed by atoms with Crippen LogP contribution in [0.3, 0.4) is 0 Å². The zero-order chi connectivity index (χ0) is 11.5. The molecule has 1 heterocycles. The SMILES string of the molecule is CCc1cc(CCC(NC)C2CC2)n(C)n1. The number of hydrogen-bond donors (Lipinski definition) is 1. The summed E-state index contributed by atoms with van der Waals surface area (Å²) in [7, 11) is 4.14. The average Bonchev–Trinajstić information content (AvgIpc) is 3.05. The Labute approximate surface area is 98.2 Å². The van der Waals surface area contributed by atoms with Gasteiger partial charge in [0.05, 0.1) is 5.69 Å². The monoisotopic (exact) mass is 221 g/mol. The Hall–Kier alpha value is -0.830. The molecule has 1 atom stereocenters. The molecule has 16 heavy (non-hydrogen) atoms. The first kappa shape index (κ1) is 11.6. The summed E-state index contributed by atoms with van der Waals surface area (Å²) in [5, 5.41) is 7.93. The van der Waals surface area contributed by atoms with Crippen molar-refractivity contribution in [2.24, 2.45) is 13.0 Å². The molecule has 0 radical (unpaired) electrons. The Balaban J connectivity index is 1.89. The van der Waals surface area contributed by atoms with E-state index in [2.05, 4.69) is 37.5 Å². The van der Waals surface area contributed by atoms with Gasteiger partial charge in [0, 0.05) is 18.8 Å². The van der Waals surface area contributed by atoms with Crippen molar-refractivity contribution in [2.45, 2.75) is 45.1 Å². The molecule has 90 valence electrons. The van der Waals surface area contributed by atoms with E-state index in [1.165, 1.54) is 30.7 Å². The highest BCUT2D eigenvalue weighted by Crippen LogP contribution is 2.34. The lowest BCUT2D eigenvalue weighted by Crippen LogP contribution is -2.28. The van der Waals surface area contributed by atoms with E-state index < -0.39 is 0 Å². The lowest BCUT2D eigenvalue weighted by atomic mass is 10.1. The van der Waals surface area contributed by atoms with Crippen molar-refractivity contribution >= 4 is 0 Å². The minimum atomic E-state index is 0.708. The predicted octanol–water partition coefficient (Wildman–Crippen LogP) is 1.91. The van der Waals surface area contributed by atoms with Crippen molar-refractivity contribution in [2.75, 3.05) is 7.05 Å². The fraction of sp³-hybridized carbons (Fsp3) is 0.769. The van der Waals surface area contributed by atoms with Crippen molar-refractivity contribution in [3.05, 3.63) is 17.5 Å². The minimum absolute atomic E-state index is 0.708. The standard InChI is InChI=1S/C13H23N3/c1-4-11-9-12(16(3)15-11)7-8-13(14-2)10-5-6-10/h9-10,13-14H,4-8H2,1-3H3. The zero-order valence-corrected chi connectivity index (χ0v) is 10.7. The molecule has 0 saturated heterocycles. The lowest BCUT2D eigenvalue weighted by Gasteiger charge is -2.14. The van der Waals surface area contributed by atoms with Crippen LogP contribution >= 0.6 is 0 Å². The van der Waals surface area contributed by atoms with Crippen LogP contribution in [0.4, 0.5) is 0 Å². The van der Waals surface area contributed by atoms with E-state index in [-0.39, 0.29) is 0 Å². The fourth-order valence-corrected chi connectivity index (χ4v) is 2.40. The molecule has 1 fully saturated rings. The summed E-state index contributed by atoms with van der Waals surface area (Å²) in [6, 6.07) is 2.96. The van der Waals surface area contributed by atoms with Crippen LogP contribution in [0.15, 0.2) is 6.07 Å². The number of aryl methyl sites for hydroxylation is 3. The predicted molar refractivity (Wildman–Crippen MR) is 66.5 cm³/mol. The molecule has 1 saturated carbocycles. The summed E-state index contributed by atoms with van der Waals surface area (Å²) in [6.07, 6.45) is 6.25. The van der Waals surface area contributed by atoms with Crippen LogP contribution in [0.25, 0.3) is 0 Å². The van der Waals surface area contributed by atoms with Gasteiger partial charge in [0.2, 0.25) is 0 Å². The van der Waals surface area contributed by atoms with E-state index in [1.807, 2.05) is 4.68 Å². The normalized spacial score (nSPS) is 17.7. The molecule has 0 amide bonds. The molecule has 1 aliphatic carbocycles. The number of nitrogens with one attached hydrogen (secondary N) is 1. The van der Waals surface area contributed by atoms with Crippen LogP contribution < -0.4 is 5.32 Å². The fourth-order valence-electron chi connectivity index (χ4n) is 2.40. The smallest absolute Gasteiger partial charge is 0.0624 e. The van der Waals surface area contributed by atoms with Crippen LogP contribution in [-0.4, -0.2) is 22.9 Å². The van der Waals surface area contributed by atoms with Gasteiger partial charge in [0.1, 0.15) is 0 Å². The molecule has 1 aliphatic rings. The molecule has 0 aliphatic heterocycles. The number of aromatic nitrogens is 2. The third-order valence-corrected chi connectivity index (χ3v) is 3.66. The van der Waals surface area contributed by atoms with Crippen LogP contribution in [0, 0.1) is 5.92 Å². The highest BCUT2D eigenvalue weighted by molar-refractivity contribution is 5.10. The summed E-state index contributed by atoms with van der Waals surface area (Å²) < 4.78 is 2.04. The summed E-state index contributed by atoms with van der Waals surface area (Å²) >= 11 is 0. The summed E-state index contributed by atoms with van der Waals surface area (Å²) in [5.74, 6) is 0.934. The molecule has 2 rings (SSSR count). The topological polar surface area (TPSA) is 29.9 Å². The molecule has 0 spiro atoms. The molecular formula is C13H23N3. The maximum Gasteiger partial charge on any atom is 0.0624 e. The number of nitrogens with zero attached hydrogens (tertiary/aromatic N) is 2. The third-order valence-electron chi connectivity index (χ3n) is 3.66. The van der Waals surface area contributed by atoms with Crippen LogP contribution in [0.5, 0.6) is 0 Å². The van der Waals surface area contributed by atoms with Gasteiger partial charge in [-0.1, -0.05) is 6.92 Å². The van der Waals surface area contributed by atoms with Gasteiger partial charge in [-0.15, -0.1) is 0 Å². The Kier molecular flexibility index (Phi) is 3.64. The van der Waals surface area contributed by atoms with Gasteiger partial charge in [-0.25, -0.2) is 0 Å². The Morgan fingerprint density at radius 3 is 2.81 bits per heavy atom. The maximum atomic E-state index is 4.49. The third kappa shape index (κ3) is 2.64. The molecule has 0 bridgehead atoms. The van der Waals surface area contributed by atoms with Crippen LogP contribution in [-0.2, 0) is 19.9 Å². The van der Waals surface area contributed by atoms with E-state index in [0.29, 0.717) is 6.04 Å². The average molecular weight is 221 g/mol. The van der Waals surface area contributed by atoms with Crippen molar-refractivity contribution < 1.29 is 0 Å². The van der Waals surface area contributed by atoms with Gasteiger partial charge in [-0.2, -0.15) is 5.10 Å². The van der Waals surface area contributed by atoms with Crippen LogP contribution in [0.2, 0.25) is 0 Å². The second-order valence-corrected chi connectivity index (χ2v) is 4.88. The van der Waals surface area contributed by atoms with Gasteiger partial charge >= 0.3 is 0 Å². The highest BCUT2D eigenvalue weighted by atomic mass is 15.3. The first-order valence-electron chi connectivity index (χ1n) is 6.43. The molecule has 1 N–H and O–H groups in total. The Morgan fingerprint density at radius 2 is 2.31 bits per heavy atom. The summed E-state index contributed by atoms with van der Waals surface area (Å²) in [4.78, 5) is 0. The Morgan fingerprint density at radius 1 is 1.56 bits per heavy atom. The minimum Gasteiger partial charge on any atom is -0.317 e. The Bertz CT molecular complexity index is 339. The zero-order valence-electron chi connectivity index (χ0n) is 10.7. The number of rotatable bonds is 6. The molecule has 1 unspecified atom stereocenters. The van der Waals surface area contributed by atoms with Crippen molar-refractivity contribution in [3.63, 3.8) is 0 Å². The van der Waals surface area contributed by atoms with E-state index in [4.69, 9.17) is 0 Å². The first-order valence-corrected chi connectivity index (χ1v) is 6.43. The summed E-state index contributed by atoms with van der Waals surface area (Å²) in [5.41, 5.74) is 2.59. The van der Waals surface area contributed by atoms with Gasteiger partial charge in [-0.05, 0) is 51.1 Å². The molecule has 3 nitrogen and oxygen atoms in total. The molecular weight excluding hydrogens is 198 g/mol. The molecule has 3 heteroatoms. The van der Waals surface area contributed by atoms with Gasteiger partial charge < -0.3 is 5.32 Å². The second-order valence-electron chi connectivity index (χ2n) is 4.88. The van der Waals surface area contributed by atoms with E-state index in [9.17, 15) is 0 Å². The lowest BCUT2D eigenvalue weighted by molar-refractivity contribution is 0.464. The maximum absolute atomic E-state index is 4.49. The van der Waals surface area contributed by atoms with Crippen LogP contribution in [0.1, 0.15) is 37.6 Å². The van der Waals surface area contributed by atoms with Gasteiger partial charge in [0.15, 0.2) is 0 Å². The van der Waals surface area contributed by atoms with Crippen molar-refractivity contribution in [3.8, 4) is 0 Å². The second kappa shape index (κ2) is 5.00. The first-order chi connectivity index (χ1) is 7.74. The summed E-state index contributed by atoms with van der Waals surface area (Å²) in [6.45, 7) is 2.16. The quantitative estimate of drug-likeness (QED) is 0.795. The number of hydrogen-bond acceptors (Lipinski definition) is 2. The molecule has 1 aromatic rings. The largest absolute Gasteiger partial charge is 0.317 e.